The van der Waals surface area contributed by atoms with Gasteiger partial charge in [0.2, 0.25) is 5.91 Å². The van der Waals surface area contributed by atoms with Gasteiger partial charge in [0.05, 0.1) is 18.6 Å². The molecule has 13 heavy (non-hydrogen) atoms. The highest BCUT2D eigenvalue weighted by Gasteiger charge is 2.31. The van der Waals surface area contributed by atoms with Crippen molar-refractivity contribution < 1.29 is 14.6 Å². The van der Waals surface area contributed by atoms with Gasteiger partial charge in [0, 0.05) is 19.7 Å². The molecular weight excluding hydrogens is 170 g/mol. The van der Waals surface area contributed by atoms with Crippen LogP contribution < -0.4 is 0 Å². The van der Waals surface area contributed by atoms with Gasteiger partial charge in [-0.1, -0.05) is 0 Å². The Kier molecular flexibility index (Phi) is 2.51. The predicted molar refractivity (Wildman–Crippen MR) is 46.1 cm³/mol. The largest absolute Gasteiger partial charge is 0.391 e. The molecule has 2 atom stereocenters. The Bertz CT molecular complexity index is 201. The Morgan fingerprint density at radius 2 is 2.31 bits per heavy atom. The Morgan fingerprint density at radius 3 is 2.85 bits per heavy atom. The molecule has 2 fully saturated rings. The summed E-state index contributed by atoms with van der Waals surface area (Å²) in [5.74, 6) is 0.208. The SMILES string of the molecule is O=C([C@@H]1CCOC1)N1CC[C@H](O)C1. The van der Waals surface area contributed by atoms with Crippen molar-refractivity contribution in [3.63, 3.8) is 0 Å². The van der Waals surface area contributed by atoms with Crippen molar-refractivity contribution in [2.75, 3.05) is 26.3 Å². The molecule has 2 aliphatic heterocycles. The van der Waals surface area contributed by atoms with Gasteiger partial charge in [-0.2, -0.15) is 0 Å². The Balaban J connectivity index is 1.89. The summed E-state index contributed by atoms with van der Waals surface area (Å²) in [5, 5.41) is 9.27. The minimum Gasteiger partial charge on any atom is -0.391 e. The molecule has 0 bridgehead atoms. The number of hydrogen-bond acceptors (Lipinski definition) is 3. The number of aliphatic hydroxyl groups is 1. The van der Waals surface area contributed by atoms with Crippen LogP contribution in [0.15, 0.2) is 0 Å². The van der Waals surface area contributed by atoms with Crippen molar-refractivity contribution in [2.24, 2.45) is 5.92 Å². The van der Waals surface area contributed by atoms with Crippen LogP contribution in [-0.4, -0.2) is 48.3 Å². The zero-order valence-corrected chi connectivity index (χ0v) is 7.61. The number of likely N-dealkylation sites (tertiary alicyclic amines) is 1. The third-order valence-corrected chi connectivity index (χ3v) is 2.75. The summed E-state index contributed by atoms with van der Waals surface area (Å²) in [6.45, 7) is 2.48. The number of carbonyl (C=O) groups is 1. The maximum atomic E-state index is 11.7. The third kappa shape index (κ3) is 1.84. The van der Waals surface area contributed by atoms with E-state index in [1.807, 2.05) is 0 Å². The van der Waals surface area contributed by atoms with Gasteiger partial charge in [-0.05, 0) is 12.8 Å². The van der Waals surface area contributed by atoms with Crippen molar-refractivity contribution >= 4 is 5.91 Å². The number of β-amino-alcohol motifs (C(OH)–C–C–N with tert-alkyl or cyclic N) is 1. The van der Waals surface area contributed by atoms with Crippen LogP contribution >= 0.6 is 0 Å². The summed E-state index contributed by atoms with van der Waals surface area (Å²) in [7, 11) is 0. The van der Waals surface area contributed by atoms with Gasteiger partial charge in [0.25, 0.3) is 0 Å². The summed E-state index contributed by atoms with van der Waals surface area (Å²) in [6, 6.07) is 0. The molecule has 1 N–H and O–H groups in total. The van der Waals surface area contributed by atoms with Crippen molar-refractivity contribution in [1.82, 2.24) is 4.90 Å². The summed E-state index contributed by atoms with van der Waals surface area (Å²) < 4.78 is 5.15. The smallest absolute Gasteiger partial charge is 0.228 e. The highest BCUT2D eigenvalue weighted by Crippen LogP contribution is 2.18. The fraction of sp³-hybridized carbons (Fsp3) is 0.889. The van der Waals surface area contributed by atoms with E-state index in [1.165, 1.54) is 0 Å². The number of ether oxygens (including phenoxy) is 1. The quantitative estimate of drug-likeness (QED) is 0.605. The first kappa shape index (κ1) is 8.97. The van der Waals surface area contributed by atoms with Crippen LogP contribution in [-0.2, 0) is 9.53 Å². The molecule has 4 heteroatoms. The van der Waals surface area contributed by atoms with Crippen LogP contribution in [0.2, 0.25) is 0 Å². The average Bonchev–Trinajstić information content (AvgIpc) is 2.72. The molecule has 2 saturated heterocycles. The minimum absolute atomic E-state index is 0.0466. The van der Waals surface area contributed by atoms with Gasteiger partial charge in [-0.15, -0.1) is 0 Å². The first-order valence-electron chi connectivity index (χ1n) is 4.82. The Morgan fingerprint density at radius 1 is 1.46 bits per heavy atom. The maximum Gasteiger partial charge on any atom is 0.228 e. The van der Waals surface area contributed by atoms with Gasteiger partial charge in [0.1, 0.15) is 0 Å². The van der Waals surface area contributed by atoms with E-state index in [4.69, 9.17) is 4.74 Å². The zero-order chi connectivity index (χ0) is 9.26. The van der Waals surface area contributed by atoms with Crippen molar-refractivity contribution in [2.45, 2.75) is 18.9 Å². The lowest BCUT2D eigenvalue weighted by atomic mass is 10.1. The molecular formula is C9H15NO3. The summed E-state index contributed by atoms with van der Waals surface area (Å²) in [6.07, 6.45) is 1.25. The zero-order valence-electron chi connectivity index (χ0n) is 7.61. The first-order chi connectivity index (χ1) is 6.27. The van der Waals surface area contributed by atoms with E-state index in [0.29, 0.717) is 26.3 Å². The van der Waals surface area contributed by atoms with Gasteiger partial charge in [0.15, 0.2) is 0 Å². The van der Waals surface area contributed by atoms with Crippen LogP contribution in [0.4, 0.5) is 0 Å². The lowest BCUT2D eigenvalue weighted by Crippen LogP contribution is -2.35. The average molecular weight is 185 g/mol. The highest BCUT2D eigenvalue weighted by molar-refractivity contribution is 5.79. The number of aliphatic hydroxyl groups excluding tert-OH is 1. The molecule has 1 amide bonds. The second-order valence-corrected chi connectivity index (χ2v) is 3.79. The lowest BCUT2D eigenvalue weighted by Gasteiger charge is -2.18. The second kappa shape index (κ2) is 3.64. The monoisotopic (exact) mass is 185 g/mol. The normalized spacial score (nSPS) is 34.1. The van der Waals surface area contributed by atoms with E-state index in [0.717, 1.165) is 12.8 Å². The molecule has 0 saturated carbocycles. The standard InChI is InChI=1S/C9H15NO3/c11-8-1-3-10(5-8)9(12)7-2-4-13-6-7/h7-8,11H,1-6H2/t7-,8+/m1/s1. The molecule has 74 valence electrons. The minimum atomic E-state index is -0.314. The topological polar surface area (TPSA) is 49.8 Å². The van der Waals surface area contributed by atoms with Crippen molar-refractivity contribution in [1.29, 1.82) is 0 Å². The molecule has 0 radical (unpaired) electrons. The Labute approximate surface area is 77.5 Å². The van der Waals surface area contributed by atoms with Crippen molar-refractivity contribution in [3.8, 4) is 0 Å². The van der Waals surface area contributed by atoms with Gasteiger partial charge < -0.3 is 14.7 Å². The van der Waals surface area contributed by atoms with E-state index in [1.54, 1.807) is 4.90 Å². The molecule has 0 aromatic rings. The predicted octanol–water partition coefficient (Wildman–Crippen LogP) is -0.384. The van der Waals surface area contributed by atoms with Crippen LogP contribution in [0.25, 0.3) is 0 Å². The summed E-state index contributed by atoms with van der Waals surface area (Å²) in [5.41, 5.74) is 0. The van der Waals surface area contributed by atoms with E-state index >= 15 is 0 Å². The number of hydrogen-bond donors (Lipinski definition) is 1. The van der Waals surface area contributed by atoms with Crippen LogP contribution in [0.3, 0.4) is 0 Å². The highest BCUT2D eigenvalue weighted by atomic mass is 16.5. The Hall–Kier alpha value is -0.610. The molecule has 0 aromatic heterocycles. The molecule has 0 aliphatic carbocycles. The maximum absolute atomic E-state index is 11.7. The fourth-order valence-corrected chi connectivity index (χ4v) is 1.93. The van der Waals surface area contributed by atoms with E-state index < -0.39 is 0 Å². The van der Waals surface area contributed by atoms with E-state index in [-0.39, 0.29) is 17.9 Å². The van der Waals surface area contributed by atoms with Gasteiger partial charge >= 0.3 is 0 Å². The lowest BCUT2D eigenvalue weighted by molar-refractivity contribution is -0.134. The van der Waals surface area contributed by atoms with E-state index in [2.05, 4.69) is 0 Å². The molecule has 2 rings (SSSR count). The number of nitrogens with zero attached hydrogens (tertiary/aromatic N) is 1. The molecule has 0 unspecified atom stereocenters. The number of carbonyl (C=O) groups excluding carboxylic acids is 1. The van der Waals surface area contributed by atoms with Gasteiger partial charge in [-0.25, -0.2) is 0 Å². The molecule has 0 aromatic carbocycles. The second-order valence-electron chi connectivity index (χ2n) is 3.79. The molecule has 2 aliphatic rings. The third-order valence-electron chi connectivity index (χ3n) is 2.75. The molecule has 2 heterocycles. The summed E-state index contributed by atoms with van der Waals surface area (Å²) in [4.78, 5) is 13.5. The number of rotatable bonds is 1. The van der Waals surface area contributed by atoms with Gasteiger partial charge in [-0.3, -0.25) is 4.79 Å². The number of amides is 1. The molecule has 0 spiro atoms. The van der Waals surface area contributed by atoms with Crippen LogP contribution in [0, 0.1) is 5.92 Å². The van der Waals surface area contributed by atoms with Crippen molar-refractivity contribution in [3.05, 3.63) is 0 Å². The van der Waals surface area contributed by atoms with E-state index in [9.17, 15) is 9.90 Å². The summed E-state index contributed by atoms with van der Waals surface area (Å²) >= 11 is 0. The molecule has 4 nitrogen and oxygen atoms in total. The fourth-order valence-electron chi connectivity index (χ4n) is 1.93. The van der Waals surface area contributed by atoms with Crippen LogP contribution in [0.5, 0.6) is 0 Å². The first-order valence-corrected chi connectivity index (χ1v) is 4.82. The van der Waals surface area contributed by atoms with Crippen LogP contribution in [0.1, 0.15) is 12.8 Å².